The van der Waals surface area contributed by atoms with Crippen LogP contribution < -0.4 is 5.01 Å². The van der Waals surface area contributed by atoms with E-state index in [4.69, 9.17) is 11.6 Å². The number of hydrogen-bond donors (Lipinski definition) is 0. The third-order valence-corrected chi connectivity index (χ3v) is 2.63. The Hall–Kier alpha value is -1.80. The predicted octanol–water partition coefficient (Wildman–Crippen LogP) is 3.81. The van der Waals surface area contributed by atoms with Gasteiger partial charge in [0.25, 0.3) is 0 Å². The molecule has 0 heterocycles. The van der Waals surface area contributed by atoms with Crippen LogP contribution in [0.4, 0.5) is 5.69 Å². The Morgan fingerprint density at radius 2 is 1.65 bits per heavy atom. The molecule has 0 aliphatic rings. The van der Waals surface area contributed by atoms with Crippen LogP contribution in [0.15, 0.2) is 59.7 Å². The molecule has 0 N–H and O–H groups in total. The molecule has 86 valence electrons. The summed E-state index contributed by atoms with van der Waals surface area (Å²) in [5.41, 5.74) is 2.08. The SMILES string of the molecule is CN(N=Cc1ccccc1)c1ccc(Cl)cc1. The van der Waals surface area contributed by atoms with E-state index in [9.17, 15) is 0 Å². The van der Waals surface area contributed by atoms with Crippen molar-refractivity contribution < 1.29 is 0 Å². The second-order valence-corrected chi connectivity index (χ2v) is 4.09. The topological polar surface area (TPSA) is 15.6 Å². The van der Waals surface area contributed by atoms with E-state index in [0.717, 1.165) is 16.3 Å². The Balaban J connectivity index is 2.09. The summed E-state index contributed by atoms with van der Waals surface area (Å²) in [5, 5.41) is 6.90. The molecule has 0 aliphatic carbocycles. The molecule has 0 unspecified atom stereocenters. The first-order chi connectivity index (χ1) is 8.25. The van der Waals surface area contributed by atoms with Crippen molar-refractivity contribution in [3.8, 4) is 0 Å². The lowest BCUT2D eigenvalue weighted by molar-refractivity contribution is 1.02. The molecule has 0 saturated heterocycles. The zero-order chi connectivity index (χ0) is 12.1. The van der Waals surface area contributed by atoms with Gasteiger partial charge < -0.3 is 0 Å². The monoisotopic (exact) mass is 244 g/mol. The molecule has 2 rings (SSSR count). The van der Waals surface area contributed by atoms with Crippen LogP contribution in [0, 0.1) is 0 Å². The summed E-state index contributed by atoms with van der Waals surface area (Å²) >= 11 is 5.83. The molecule has 0 aliphatic heterocycles. The van der Waals surface area contributed by atoms with E-state index in [1.165, 1.54) is 0 Å². The van der Waals surface area contributed by atoms with E-state index in [1.807, 2.05) is 72.9 Å². The second-order valence-electron chi connectivity index (χ2n) is 3.66. The Morgan fingerprint density at radius 1 is 1.00 bits per heavy atom. The molecule has 2 nitrogen and oxygen atoms in total. The lowest BCUT2D eigenvalue weighted by Crippen LogP contribution is -2.08. The van der Waals surface area contributed by atoms with Crippen LogP contribution in [0.1, 0.15) is 5.56 Å². The normalized spacial score (nSPS) is 10.7. The quantitative estimate of drug-likeness (QED) is 0.592. The van der Waals surface area contributed by atoms with Crippen LogP contribution in [0.2, 0.25) is 5.02 Å². The van der Waals surface area contributed by atoms with Gasteiger partial charge in [0, 0.05) is 12.1 Å². The average Bonchev–Trinajstić information content (AvgIpc) is 2.38. The minimum Gasteiger partial charge on any atom is -0.269 e. The zero-order valence-corrected chi connectivity index (χ0v) is 10.3. The van der Waals surface area contributed by atoms with Crippen molar-refractivity contribution in [1.29, 1.82) is 0 Å². The van der Waals surface area contributed by atoms with Crippen LogP contribution in [-0.2, 0) is 0 Å². The van der Waals surface area contributed by atoms with E-state index in [0.29, 0.717) is 0 Å². The van der Waals surface area contributed by atoms with Gasteiger partial charge in [0.2, 0.25) is 0 Å². The number of hydrazone groups is 1. The van der Waals surface area contributed by atoms with E-state index in [1.54, 1.807) is 0 Å². The fourth-order valence-corrected chi connectivity index (χ4v) is 1.54. The fraction of sp³-hybridized carbons (Fsp3) is 0.0714. The van der Waals surface area contributed by atoms with Crippen molar-refractivity contribution in [2.24, 2.45) is 5.10 Å². The van der Waals surface area contributed by atoms with E-state index in [-0.39, 0.29) is 0 Å². The van der Waals surface area contributed by atoms with Crippen LogP contribution >= 0.6 is 11.6 Å². The summed E-state index contributed by atoms with van der Waals surface area (Å²) < 4.78 is 0. The van der Waals surface area contributed by atoms with Gasteiger partial charge in [-0.2, -0.15) is 5.10 Å². The fourth-order valence-electron chi connectivity index (χ4n) is 1.42. The van der Waals surface area contributed by atoms with Crippen LogP contribution in [0.3, 0.4) is 0 Å². The molecule has 0 radical (unpaired) electrons. The molecule has 0 atom stereocenters. The van der Waals surface area contributed by atoms with Crippen LogP contribution in [-0.4, -0.2) is 13.3 Å². The average molecular weight is 245 g/mol. The van der Waals surface area contributed by atoms with Gasteiger partial charge in [-0.25, -0.2) is 0 Å². The standard InChI is InChI=1S/C14H13ClN2/c1-17(14-9-7-13(15)8-10-14)16-11-12-5-3-2-4-6-12/h2-11H,1H3. The van der Waals surface area contributed by atoms with Crippen molar-refractivity contribution in [2.75, 3.05) is 12.1 Å². The van der Waals surface area contributed by atoms with Crippen LogP contribution in [0.25, 0.3) is 0 Å². The molecule has 2 aromatic carbocycles. The maximum atomic E-state index is 5.83. The van der Waals surface area contributed by atoms with Gasteiger partial charge in [-0.1, -0.05) is 41.9 Å². The van der Waals surface area contributed by atoms with Gasteiger partial charge in [0.1, 0.15) is 0 Å². The molecule has 0 bridgehead atoms. The van der Waals surface area contributed by atoms with Gasteiger partial charge >= 0.3 is 0 Å². The number of rotatable bonds is 3. The van der Waals surface area contributed by atoms with E-state index >= 15 is 0 Å². The number of halogens is 1. The van der Waals surface area contributed by atoms with Crippen molar-refractivity contribution in [3.05, 3.63) is 65.2 Å². The summed E-state index contributed by atoms with van der Waals surface area (Å²) in [4.78, 5) is 0. The smallest absolute Gasteiger partial charge is 0.0591 e. The maximum Gasteiger partial charge on any atom is 0.0591 e. The highest BCUT2D eigenvalue weighted by atomic mass is 35.5. The third kappa shape index (κ3) is 3.33. The third-order valence-electron chi connectivity index (χ3n) is 2.38. The molecule has 3 heteroatoms. The predicted molar refractivity (Wildman–Crippen MR) is 73.9 cm³/mol. The molecular weight excluding hydrogens is 232 g/mol. The highest BCUT2D eigenvalue weighted by molar-refractivity contribution is 6.30. The zero-order valence-electron chi connectivity index (χ0n) is 9.55. The highest BCUT2D eigenvalue weighted by Crippen LogP contribution is 2.16. The maximum absolute atomic E-state index is 5.83. The summed E-state index contributed by atoms with van der Waals surface area (Å²) in [6.07, 6.45) is 1.83. The minimum absolute atomic E-state index is 0.731. The molecule has 0 amide bonds. The summed E-state index contributed by atoms with van der Waals surface area (Å²) in [6.45, 7) is 0. The van der Waals surface area contributed by atoms with Crippen molar-refractivity contribution in [2.45, 2.75) is 0 Å². The number of nitrogens with zero attached hydrogens (tertiary/aromatic N) is 2. The second kappa shape index (κ2) is 5.51. The molecule has 0 spiro atoms. The first kappa shape index (κ1) is 11.7. The molecule has 0 saturated carbocycles. The molecule has 2 aromatic rings. The molecular formula is C14H13ClN2. The Bertz CT molecular complexity index is 491. The summed E-state index contributed by atoms with van der Waals surface area (Å²) in [7, 11) is 1.91. The van der Waals surface area contributed by atoms with Gasteiger partial charge in [-0.15, -0.1) is 0 Å². The first-order valence-electron chi connectivity index (χ1n) is 5.34. The van der Waals surface area contributed by atoms with Gasteiger partial charge in [0.15, 0.2) is 0 Å². The lowest BCUT2D eigenvalue weighted by atomic mass is 10.2. The summed E-state index contributed by atoms with van der Waals surface area (Å²) in [6, 6.07) is 17.6. The Kier molecular flexibility index (Phi) is 3.78. The first-order valence-corrected chi connectivity index (χ1v) is 5.72. The number of anilines is 1. The van der Waals surface area contributed by atoms with Gasteiger partial charge in [-0.3, -0.25) is 5.01 Å². The molecule has 0 fully saturated rings. The lowest BCUT2D eigenvalue weighted by Gasteiger charge is -2.12. The van der Waals surface area contributed by atoms with E-state index in [2.05, 4.69) is 5.10 Å². The summed E-state index contributed by atoms with van der Waals surface area (Å²) in [5.74, 6) is 0. The Labute approximate surface area is 106 Å². The van der Waals surface area contributed by atoms with Crippen molar-refractivity contribution in [1.82, 2.24) is 0 Å². The molecule has 17 heavy (non-hydrogen) atoms. The van der Waals surface area contributed by atoms with Gasteiger partial charge in [0.05, 0.1) is 11.9 Å². The Morgan fingerprint density at radius 3 is 2.29 bits per heavy atom. The number of hydrogen-bond acceptors (Lipinski definition) is 2. The van der Waals surface area contributed by atoms with Crippen molar-refractivity contribution >= 4 is 23.5 Å². The highest BCUT2D eigenvalue weighted by Gasteiger charge is 1.97. The molecule has 0 aromatic heterocycles. The van der Waals surface area contributed by atoms with Crippen LogP contribution in [0.5, 0.6) is 0 Å². The van der Waals surface area contributed by atoms with Crippen molar-refractivity contribution in [3.63, 3.8) is 0 Å². The van der Waals surface area contributed by atoms with E-state index < -0.39 is 0 Å². The number of benzene rings is 2. The van der Waals surface area contributed by atoms with Gasteiger partial charge in [-0.05, 0) is 29.8 Å². The largest absolute Gasteiger partial charge is 0.269 e. The minimum atomic E-state index is 0.731.